The van der Waals surface area contributed by atoms with Gasteiger partial charge in [-0.1, -0.05) is 19.1 Å². The molecule has 16 heavy (non-hydrogen) atoms. The van der Waals surface area contributed by atoms with Gasteiger partial charge in [-0.2, -0.15) is 0 Å². The number of halogens is 1. The predicted octanol–water partition coefficient (Wildman–Crippen LogP) is 3.20. The van der Waals surface area contributed by atoms with Gasteiger partial charge in [-0.05, 0) is 30.2 Å². The first-order valence-electron chi connectivity index (χ1n) is 5.17. The summed E-state index contributed by atoms with van der Waals surface area (Å²) >= 11 is 0. The number of hydrogen-bond acceptors (Lipinski definition) is 1. The highest BCUT2D eigenvalue weighted by atomic mass is 19.1. The minimum absolute atomic E-state index is 0.275. The Labute approximate surface area is 93.1 Å². The predicted molar refractivity (Wildman–Crippen MR) is 61.0 cm³/mol. The summed E-state index contributed by atoms with van der Waals surface area (Å²) in [6.07, 6.45) is 1.62. The maximum atomic E-state index is 12.8. The lowest BCUT2D eigenvalue weighted by Crippen LogP contribution is -1.85. The van der Waals surface area contributed by atoms with Crippen LogP contribution in [0.5, 0.6) is 0 Å². The van der Waals surface area contributed by atoms with E-state index in [1.807, 2.05) is 13.0 Å². The normalized spacial score (nSPS) is 10.4. The number of aromatic amines is 1. The highest BCUT2D eigenvalue weighted by molar-refractivity contribution is 5.86. The first kappa shape index (κ1) is 10.6. The van der Waals surface area contributed by atoms with Crippen molar-refractivity contribution >= 4 is 6.29 Å². The van der Waals surface area contributed by atoms with Crippen molar-refractivity contribution in [2.45, 2.75) is 13.3 Å². The SMILES string of the molecule is CCc1cc(-c2ccc(F)cc2)c(C=O)[nH]1. The van der Waals surface area contributed by atoms with Gasteiger partial charge >= 0.3 is 0 Å². The topological polar surface area (TPSA) is 32.9 Å². The minimum Gasteiger partial charge on any atom is -0.356 e. The fraction of sp³-hybridized carbons (Fsp3) is 0.154. The maximum absolute atomic E-state index is 12.8. The molecule has 0 atom stereocenters. The van der Waals surface area contributed by atoms with E-state index < -0.39 is 0 Å². The van der Waals surface area contributed by atoms with Crippen molar-refractivity contribution in [3.05, 3.63) is 47.5 Å². The quantitative estimate of drug-likeness (QED) is 0.787. The van der Waals surface area contributed by atoms with Gasteiger partial charge < -0.3 is 4.98 Å². The molecule has 0 fully saturated rings. The van der Waals surface area contributed by atoms with E-state index in [2.05, 4.69) is 4.98 Å². The van der Waals surface area contributed by atoms with Gasteiger partial charge in [0.1, 0.15) is 5.82 Å². The van der Waals surface area contributed by atoms with Gasteiger partial charge in [-0.25, -0.2) is 4.39 Å². The van der Waals surface area contributed by atoms with Crippen molar-refractivity contribution < 1.29 is 9.18 Å². The van der Waals surface area contributed by atoms with Gasteiger partial charge in [0.05, 0.1) is 5.69 Å². The fourth-order valence-electron chi connectivity index (χ4n) is 1.68. The third-order valence-corrected chi connectivity index (χ3v) is 2.56. The summed E-state index contributed by atoms with van der Waals surface area (Å²) in [6.45, 7) is 2.01. The van der Waals surface area contributed by atoms with Gasteiger partial charge in [0.2, 0.25) is 0 Å². The molecule has 1 aromatic heterocycles. The van der Waals surface area contributed by atoms with E-state index in [0.717, 1.165) is 29.5 Å². The zero-order chi connectivity index (χ0) is 11.5. The first-order chi connectivity index (χ1) is 7.74. The van der Waals surface area contributed by atoms with Gasteiger partial charge in [-0.3, -0.25) is 4.79 Å². The summed E-state index contributed by atoms with van der Waals surface area (Å²) in [5, 5.41) is 0. The largest absolute Gasteiger partial charge is 0.356 e. The number of nitrogens with one attached hydrogen (secondary N) is 1. The number of aldehydes is 1. The van der Waals surface area contributed by atoms with E-state index in [1.54, 1.807) is 12.1 Å². The Hall–Kier alpha value is -1.90. The van der Waals surface area contributed by atoms with Crippen LogP contribution < -0.4 is 0 Å². The summed E-state index contributed by atoms with van der Waals surface area (Å²) in [4.78, 5) is 13.9. The van der Waals surface area contributed by atoms with Crippen LogP contribution in [0.15, 0.2) is 30.3 Å². The van der Waals surface area contributed by atoms with Gasteiger partial charge in [0.25, 0.3) is 0 Å². The number of carbonyl (C=O) groups is 1. The Kier molecular flexibility index (Phi) is 2.86. The lowest BCUT2D eigenvalue weighted by atomic mass is 10.1. The van der Waals surface area contributed by atoms with Crippen molar-refractivity contribution in [3.8, 4) is 11.1 Å². The molecule has 3 heteroatoms. The standard InChI is InChI=1S/C13H12FNO/c1-2-11-7-12(13(8-16)15-11)9-3-5-10(14)6-4-9/h3-8,15H,2H2,1H3. The third kappa shape index (κ3) is 1.89. The van der Waals surface area contributed by atoms with Gasteiger partial charge in [0.15, 0.2) is 6.29 Å². The molecule has 0 radical (unpaired) electrons. The molecular formula is C13H12FNO. The molecule has 0 unspecified atom stereocenters. The molecule has 1 aromatic carbocycles. The summed E-state index contributed by atoms with van der Waals surface area (Å²) < 4.78 is 12.8. The third-order valence-electron chi connectivity index (χ3n) is 2.56. The van der Waals surface area contributed by atoms with E-state index in [4.69, 9.17) is 0 Å². The van der Waals surface area contributed by atoms with Crippen molar-refractivity contribution in [2.75, 3.05) is 0 Å². The highest BCUT2D eigenvalue weighted by Gasteiger charge is 2.08. The average Bonchev–Trinajstić information content (AvgIpc) is 2.73. The van der Waals surface area contributed by atoms with Crippen LogP contribution in [0.3, 0.4) is 0 Å². The second-order valence-corrected chi connectivity index (χ2v) is 3.60. The smallest absolute Gasteiger partial charge is 0.166 e. The maximum Gasteiger partial charge on any atom is 0.166 e. The molecule has 0 bridgehead atoms. The Balaban J connectivity index is 2.49. The number of carbonyl (C=O) groups excluding carboxylic acids is 1. The van der Waals surface area contributed by atoms with Crippen LogP contribution in [0.2, 0.25) is 0 Å². The van der Waals surface area contributed by atoms with Crippen LogP contribution >= 0.6 is 0 Å². The van der Waals surface area contributed by atoms with Gasteiger partial charge in [-0.15, -0.1) is 0 Å². The Bertz CT molecular complexity index is 499. The van der Waals surface area contributed by atoms with E-state index in [1.165, 1.54) is 12.1 Å². The van der Waals surface area contributed by atoms with Crippen molar-refractivity contribution in [2.24, 2.45) is 0 Å². The monoisotopic (exact) mass is 217 g/mol. The molecule has 0 aliphatic heterocycles. The molecule has 0 saturated heterocycles. The molecule has 0 amide bonds. The first-order valence-corrected chi connectivity index (χ1v) is 5.17. The van der Waals surface area contributed by atoms with Crippen LogP contribution in [0.4, 0.5) is 4.39 Å². The summed E-state index contributed by atoms with van der Waals surface area (Å²) in [7, 11) is 0. The van der Waals surface area contributed by atoms with Gasteiger partial charge in [0, 0.05) is 11.3 Å². The Morgan fingerprint density at radius 1 is 1.31 bits per heavy atom. The van der Waals surface area contributed by atoms with Crippen LogP contribution in [0, 0.1) is 5.82 Å². The molecule has 2 nitrogen and oxygen atoms in total. The van der Waals surface area contributed by atoms with E-state index >= 15 is 0 Å². The van der Waals surface area contributed by atoms with E-state index in [-0.39, 0.29) is 5.82 Å². The van der Waals surface area contributed by atoms with Crippen LogP contribution in [-0.2, 0) is 6.42 Å². The molecule has 1 heterocycles. The lowest BCUT2D eigenvalue weighted by Gasteiger charge is -1.98. The number of aromatic nitrogens is 1. The fourth-order valence-corrected chi connectivity index (χ4v) is 1.68. The average molecular weight is 217 g/mol. The second-order valence-electron chi connectivity index (χ2n) is 3.60. The minimum atomic E-state index is -0.275. The molecule has 2 rings (SSSR count). The van der Waals surface area contributed by atoms with Crippen molar-refractivity contribution in [1.82, 2.24) is 4.98 Å². The zero-order valence-corrected chi connectivity index (χ0v) is 8.96. The van der Waals surface area contributed by atoms with Crippen molar-refractivity contribution in [1.29, 1.82) is 0 Å². The molecule has 0 saturated carbocycles. The Morgan fingerprint density at radius 2 is 2.00 bits per heavy atom. The van der Waals surface area contributed by atoms with Crippen LogP contribution in [0.1, 0.15) is 23.1 Å². The molecule has 0 spiro atoms. The molecule has 0 aliphatic carbocycles. The molecule has 1 N–H and O–H groups in total. The second kappa shape index (κ2) is 4.31. The highest BCUT2D eigenvalue weighted by Crippen LogP contribution is 2.24. The molecule has 2 aromatic rings. The van der Waals surface area contributed by atoms with Crippen LogP contribution in [-0.4, -0.2) is 11.3 Å². The molecule has 0 aliphatic rings. The van der Waals surface area contributed by atoms with E-state index in [0.29, 0.717) is 5.69 Å². The van der Waals surface area contributed by atoms with Crippen molar-refractivity contribution in [3.63, 3.8) is 0 Å². The summed E-state index contributed by atoms with van der Waals surface area (Å²) in [6, 6.07) is 8.05. The number of rotatable bonds is 3. The number of benzene rings is 1. The molecule has 82 valence electrons. The Morgan fingerprint density at radius 3 is 2.56 bits per heavy atom. The summed E-state index contributed by atoms with van der Waals surface area (Å²) in [5.74, 6) is -0.275. The lowest BCUT2D eigenvalue weighted by molar-refractivity contribution is 0.112. The number of hydrogen-bond donors (Lipinski definition) is 1. The zero-order valence-electron chi connectivity index (χ0n) is 8.96. The number of H-pyrrole nitrogens is 1. The number of aryl methyl sites for hydroxylation is 1. The van der Waals surface area contributed by atoms with Crippen LogP contribution in [0.25, 0.3) is 11.1 Å². The molecular weight excluding hydrogens is 205 g/mol. The van der Waals surface area contributed by atoms with E-state index in [9.17, 15) is 9.18 Å². The summed E-state index contributed by atoms with van der Waals surface area (Å²) in [5.41, 5.74) is 3.22.